The maximum Gasteiger partial charge on any atom is 0.393 e. The highest BCUT2D eigenvalue weighted by Crippen LogP contribution is 2.33. The van der Waals surface area contributed by atoms with Crippen molar-refractivity contribution in [3.05, 3.63) is 60.2 Å². The van der Waals surface area contributed by atoms with E-state index in [0.717, 1.165) is 0 Å². The largest absolute Gasteiger partial charge is 0.457 e. The maximum absolute atomic E-state index is 12.9. The van der Waals surface area contributed by atoms with E-state index in [9.17, 15) is 22.8 Å². The Morgan fingerprint density at radius 1 is 1.03 bits per heavy atom. The lowest BCUT2D eigenvalue weighted by Gasteiger charge is -2.33. The lowest BCUT2D eigenvalue weighted by Crippen LogP contribution is -2.48. The summed E-state index contributed by atoms with van der Waals surface area (Å²) in [5, 5.41) is 2.47. The van der Waals surface area contributed by atoms with Crippen LogP contribution in [0.4, 0.5) is 13.2 Å². The first-order valence-corrected chi connectivity index (χ1v) is 9.28. The SMILES string of the molecule is O=C(NCC(=O)N1CCC[C@@H](C(F)(F)F)C1)c1ccc(Oc2ccccc2)cc1. The molecule has 1 heterocycles. The van der Waals surface area contributed by atoms with Gasteiger partial charge in [-0.2, -0.15) is 13.2 Å². The number of hydrogen-bond acceptors (Lipinski definition) is 3. The van der Waals surface area contributed by atoms with Crippen molar-refractivity contribution in [2.75, 3.05) is 19.6 Å². The van der Waals surface area contributed by atoms with Crippen molar-refractivity contribution in [3.63, 3.8) is 0 Å². The summed E-state index contributed by atoms with van der Waals surface area (Å²) in [4.78, 5) is 25.6. The Bertz CT molecular complexity index is 838. The van der Waals surface area contributed by atoms with Gasteiger partial charge in [-0.05, 0) is 49.2 Å². The molecule has 2 aromatic rings. The number of likely N-dealkylation sites (tertiary alicyclic amines) is 1. The van der Waals surface area contributed by atoms with Crippen LogP contribution < -0.4 is 10.1 Å². The molecule has 0 unspecified atom stereocenters. The minimum absolute atomic E-state index is 0.0248. The van der Waals surface area contributed by atoms with Crippen molar-refractivity contribution in [3.8, 4) is 11.5 Å². The third-order valence-electron chi connectivity index (χ3n) is 4.73. The second-order valence-corrected chi connectivity index (χ2v) is 6.84. The van der Waals surface area contributed by atoms with Gasteiger partial charge in [0.25, 0.3) is 5.91 Å². The number of piperidine rings is 1. The molecule has 0 saturated carbocycles. The Kier molecular flexibility index (Phi) is 6.41. The van der Waals surface area contributed by atoms with Gasteiger partial charge in [-0.25, -0.2) is 0 Å². The van der Waals surface area contributed by atoms with Gasteiger partial charge >= 0.3 is 6.18 Å². The van der Waals surface area contributed by atoms with E-state index in [1.165, 1.54) is 4.90 Å². The first-order chi connectivity index (χ1) is 13.8. The quantitative estimate of drug-likeness (QED) is 0.816. The van der Waals surface area contributed by atoms with E-state index in [0.29, 0.717) is 23.5 Å². The molecule has 2 aromatic carbocycles. The number of rotatable bonds is 5. The average Bonchev–Trinajstić information content (AvgIpc) is 2.72. The molecule has 1 fully saturated rings. The van der Waals surface area contributed by atoms with Gasteiger partial charge in [0, 0.05) is 18.7 Å². The van der Waals surface area contributed by atoms with Gasteiger partial charge in [0.2, 0.25) is 5.91 Å². The Labute approximate surface area is 166 Å². The van der Waals surface area contributed by atoms with Crippen molar-refractivity contribution < 1.29 is 27.5 Å². The summed E-state index contributed by atoms with van der Waals surface area (Å²) in [6, 6.07) is 15.5. The van der Waals surface area contributed by atoms with Crippen LogP contribution in [0.3, 0.4) is 0 Å². The lowest BCUT2D eigenvalue weighted by atomic mass is 9.97. The summed E-state index contributed by atoms with van der Waals surface area (Å²) in [5.41, 5.74) is 0.324. The molecule has 0 bridgehead atoms. The number of nitrogens with zero attached hydrogens (tertiary/aromatic N) is 1. The predicted molar refractivity (Wildman–Crippen MR) is 101 cm³/mol. The summed E-state index contributed by atoms with van der Waals surface area (Å²) in [6.45, 7) is -0.428. The normalized spacial score (nSPS) is 16.9. The van der Waals surface area contributed by atoms with Gasteiger partial charge < -0.3 is 15.0 Å². The van der Waals surface area contributed by atoms with Gasteiger partial charge in [0.15, 0.2) is 0 Å². The van der Waals surface area contributed by atoms with Crippen LogP contribution in [0.25, 0.3) is 0 Å². The van der Waals surface area contributed by atoms with E-state index in [-0.39, 0.29) is 26.1 Å². The summed E-state index contributed by atoms with van der Waals surface area (Å²) < 4.78 is 44.2. The van der Waals surface area contributed by atoms with Crippen LogP contribution in [-0.2, 0) is 4.79 Å². The Morgan fingerprint density at radius 2 is 1.69 bits per heavy atom. The van der Waals surface area contributed by atoms with E-state index in [2.05, 4.69) is 5.32 Å². The summed E-state index contributed by atoms with van der Waals surface area (Å²) in [6.07, 6.45) is -3.99. The molecule has 0 radical (unpaired) electrons. The zero-order valence-electron chi connectivity index (χ0n) is 15.6. The first kappa shape index (κ1) is 20.7. The lowest BCUT2D eigenvalue weighted by molar-refractivity contribution is -0.187. The van der Waals surface area contributed by atoms with Crippen LogP contribution in [0.2, 0.25) is 0 Å². The summed E-state index contributed by atoms with van der Waals surface area (Å²) in [7, 11) is 0. The predicted octanol–water partition coefficient (Wildman–Crippen LogP) is 4.01. The summed E-state index contributed by atoms with van der Waals surface area (Å²) in [5.74, 6) is -1.29. The molecular formula is C21H21F3N2O3. The first-order valence-electron chi connectivity index (χ1n) is 9.28. The Hall–Kier alpha value is -3.03. The molecule has 1 aliphatic heterocycles. The van der Waals surface area contributed by atoms with E-state index < -0.39 is 23.9 Å². The third-order valence-corrected chi connectivity index (χ3v) is 4.73. The number of alkyl halides is 3. The minimum atomic E-state index is -4.31. The highest BCUT2D eigenvalue weighted by Gasteiger charge is 2.42. The Morgan fingerprint density at radius 3 is 2.34 bits per heavy atom. The number of benzene rings is 2. The standard InChI is InChI=1S/C21H21F3N2O3/c22-21(23,24)16-5-4-12-26(14-16)19(27)13-25-20(28)15-8-10-18(11-9-15)29-17-6-2-1-3-7-17/h1-3,6-11,16H,4-5,12-14H2,(H,25,28)/t16-/m1/s1. The highest BCUT2D eigenvalue weighted by atomic mass is 19.4. The van der Waals surface area contributed by atoms with Crippen molar-refractivity contribution in [1.29, 1.82) is 0 Å². The van der Waals surface area contributed by atoms with Crippen LogP contribution in [0.1, 0.15) is 23.2 Å². The number of halogens is 3. The van der Waals surface area contributed by atoms with Gasteiger partial charge in [-0.3, -0.25) is 9.59 Å². The molecular weight excluding hydrogens is 385 g/mol. The van der Waals surface area contributed by atoms with E-state index in [1.54, 1.807) is 36.4 Å². The zero-order valence-corrected chi connectivity index (χ0v) is 15.6. The molecule has 3 rings (SSSR count). The van der Waals surface area contributed by atoms with E-state index in [1.807, 2.05) is 18.2 Å². The van der Waals surface area contributed by atoms with Crippen molar-refractivity contribution >= 4 is 11.8 Å². The number of carbonyl (C=O) groups excluding carboxylic acids is 2. The second-order valence-electron chi connectivity index (χ2n) is 6.84. The van der Waals surface area contributed by atoms with E-state index in [4.69, 9.17) is 4.74 Å². The average molecular weight is 406 g/mol. The monoisotopic (exact) mass is 406 g/mol. The van der Waals surface area contributed by atoms with Gasteiger partial charge in [0.05, 0.1) is 12.5 Å². The fourth-order valence-electron chi connectivity index (χ4n) is 3.14. The van der Waals surface area contributed by atoms with Gasteiger partial charge in [-0.1, -0.05) is 18.2 Å². The van der Waals surface area contributed by atoms with Gasteiger partial charge in [0.1, 0.15) is 11.5 Å². The minimum Gasteiger partial charge on any atom is -0.457 e. The number of nitrogens with one attached hydrogen (secondary N) is 1. The second kappa shape index (κ2) is 8.98. The van der Waals surface area contributed by atoms with Crippen LogP contribution in [-0.4, -0.2) is 42.5 Å². The molecule has 1 N–H and O–H groups in total. The fraction of sp³-hybridized carbons (Fsp3) is 0.333. The molecule has 29 heavy (non-hydrogen) atoms. The molecule has 2 amide bonds. The number of para-hydroxylation sites is 1. The topological polar surface area (TPSA) is 58.6 Å². The number of hydrogen-bond donors (Lipinski definition) is 1. The zero-order chi connectivity index (χ0) is 20.9. The van der Waals surface area contributed by atoms with Crippen LogP contribution >= 0.6 is 0 Å². The molecule has 8 heteroatoms. The molecule has 0 aliphatic carbocycles. The van der Waals surface area contributed by atoms with Crippen molar-refractivity contribution in [1.82, 2.24) is 10.2 Å². The molecule has 0 aromatic heterocycles. The van der Waals surface area contributed by atoms with E-state index >= 15 is 0 Å². The van der Waals surface area contributed by atoms with Gasteiger partial charge in [-0.15, -0.1) is 0 Å². The van der Waals surface area contributed by atoms with Crippen LogP contribution in [0.15, 0.2) is 54.6 Å². The molecule has 0 spiro atoms. The smallest absolute Gasteiger partial charge is 0.393 e. The molecule has 1 atom stereocenters. The van der Waals surface area contributed by atoms with Crippen LogP contribution in [0, 0.1) is 5.92 Å². The third kappa shape index (κ3) is 5.73. The molecule has 5 nitrogen and oxygen atoms in total. The van der Waals surface area contributed by atoms with Crippen LogP contribution in [0.5, 0.6) is 11.5 Å². The van der Waals surface area contributed by atoms with Crippen molar-refractivity contribution in [2.45, 2.75) is 19.0 Å². The highest BCUT2D eigenvalue weighted by molar-refractivity contribution is 5.96. The molecule has 1 saturated heterocycles. The maximum atomic E-state index is 12.9. The number of carbonyl (C=O) groups is 2. The fourth-order valence-corrected chi connectivity index (χ4v) is 3.14. The Balaban J connectivity index is 1.50. The number of amides is 2. The van der Waals surface area contributed by atoms with Crippen molar-refractivity contribution in [2.24, 2.45) is 5.92 Å². The summed E-state index contributed by atoms with van der Waals surface area (Å²) >= 11 is 0. The molecule has 154 valence electrons. The molecule has 1 aliphatic rings. The number of ether oxygens (including phenoxy) is 1.